The predicted octanol–water partition coefficient (Wildman–Crippen LogP) is 2.80. The van der Waals surface area contributed by atoms with Crippen LogP contribution in [0.25, 0.3) is 0 Å². The van der Waals surface area contributed by atoms with Gasteiger partial charge in [0.1, 0.15) is 0 Å². The summed E-state index contributed by atoms with van der Waals surface area (Å²) < 4.78 is 27.0. The number of rotatable bonds is 5. The van der Waals surface area contributed by atoms with E-state index in [0.29, 0.717) is 23.6 Å². The molecule has 114 valence electrons. The average molecular weight is 306 g/mol. The van der Waals surface area contributed by atoms with Crippen LogP contribution in [-0.4, -0.2) is 15.0 Å². The van der Waals surface area contributed by atoms with Crippen molar-refractivity contribution in [1.29, 1.82) is 5.26 Å². The summed E-state index contributed by atoms with van der Waals surface area (Å²) in [5.41, 5.74) is 0.985. The summed E-state index contributed by atoms with van der Waals surface area (Å²) in [5, 5.41) is 9.01. The van der Waals surface area contributed by atoms with Crippen LogP contribution in [0.15, 0.2) is 24.3 Å². The fourth-order valence-electron chi connectivity index (χ4n) is 2.79. The van der Waals surface area contributed by atoms with E-state index in [9.17, 15) is 8.42 Å². The summed E-state index contributed by atoms with van der Waals surface area (Å²) in [7, 11) is -3.38. The van der Waals surface area contributed by atoms with Crippen LogP contribution < -0.4 is 4.72 Å². The Morgan fingerprint density at radius 3 is 2.57 bits per heavy atom. The quantitative estimate of drug-likeness (QED) is 0.909. The fraction of sp³-hybridized carbons (Fsp3) is 0.562. The maximum Gasteiger partial charge on any atom is 0.215 e. The summed E-state index contributed by atoms with van der Waals surface area (Å²) >= 11 is 0. The third-order valence-electron chi connectivity index (χ3n) is 4.21. The molecule has 21 heavy (non-hydrogen) atoms. The van der Waals surface area contributed by atoms with E-state index in [4.69, 9.17) is 5.26 Å². The minimum absolute atomic E-state index is 0.125. The minimum Gasteiger partial charge on any atom is -0.215 e. The van der Waals surface area contributed by atoms with E-state index < -0.39 is 10.0 Å². The molecule has 2 rings (SSSR count). The molecule has 1 aliphatic rings. The highest BCUT2D eigenvalue weighted by molar-refractivity contribution is 7.88. The first-order valence-electron chi connectivity index (χ1n) is 7.45. The number of hydrogen-bond acceptors (Lipinski definition) is 3. The molecule has 0 saturated heterocycles. The van der Waals surface area contributed by atoms with Crippen molar-refractivity contribution in [3.05, 3.63) is 35.4 Å². The molecule has 0 heterocycles. The summed E-state index contributed by atoms with van der Waals surface area (Å²) in [4.78, 5) is 0. The van der Waals surface area contributed by atoms with E-state index in [1.54, 1.807) is 24.3 Å². The zero-order valence-corrected chi connectivity index (χ0v) is 13.2. The monoisotopic (exact) mass is 306 g/mol. The zero-order valence-electron chi connectivity index (χ0n) is 12.4. The molecule has 0 amide bonds. The van der Waals surface area contributed by atoms with Crippen molar-refractivity contribution in [2.75, 3.05) is 6.54 Å². The normalized spacial score (nSPS) is 22.7. The average Bonchev–Trinajstić information content (AvgIpc) is 2.47. The first kappa shape index (κ1) is 16.0. The lowest BCUT2D eigenvalue weighted by atomic mass is 9.83. The predicted molar refractivity (Wildman–Crippen MR) is 82.9 cm³/mol. The van der Waals surface area contributed by atoms with E-state index in [2.05, 4.69) is 11.6 Å². The molecule has 0 bridgehead atoms. The molecule has 0 aliphatic heterocycles. The first-order chi connectivity index (χ1) is 10.00. The topological polar surface area (TPSA) is 70.0 Å². The van der Waals surface area contributed by atoms with Crippen LogP contribution >= 0.6 is 0 Å². The van der Waals surface area contributed by atoms with Crippen molar-refractivity contribution in [2.24, 2.45) is 11.8 Å². The maximum atomic E-state index is 12.2. The van der Waals surface area contributed by atoms with Crippen LogP contribution in [0, 0.1) is 23.2 Å². The van der Waals surface area contributed by atoms with Crippen molar-refractivity contribution in [3.8, 4) is 6.07 Å². The SMILES string of the molecule is CC1CCC(CNS(=O)(=O)Cc2ccccc2C#N)CC1. The molecule has 4 nitrogen and oxygen atoms in total. The highest BCUT2D eigenvalue weighted by Crippen LogP contribution is 2.27. The van der Waals surface area contributed by atoms with E-state index in [1.807, 2.05) is 6.07 Å². The molecule has 1 aromatic rings. The molecule has 1 aromatic carbocycles. The van der Waals surface area contributed by atoms with E-state index in [0.717, 1.165) is 18.8 Å². The van der Waals surface area contributed by atoms with Gasteiger partial charge in [0, 0.05) is 6.54 Å². The number of hydrogen-bond donors (Lipinski definition) is 1. The lowest BCUT2D eigenvalue weighted by Crippen LogP contribution is -2.32. The lowest BCUT2D eigenvalue weighted by molar-refractivity contribution is 0.290. The molecular formula is C16H22N2O2S. The third-order valence-corrected chi connectivity index (χ3v) is 5.51. The Balaban J connectivity index is 1.92. The molecule has 1 aliphatic carbocycles. The van der Waals surface area contributed by atoms with Gasteiger partial charge in [-0.25, -0.2) is 13.1 Å². The summed E-state index contributed by atoms with van der Waals surface area (Å²) in [6, 6.07) is 8.88. The van der Waals surface area contributed by atoms with Crippen LogP contribution in [-0.2, 0) is 15.8 Å². The molecule has 0 atom stereocenters. The summed E-state index contributed by atoms with van der Waals surface area (Å²) in [6.45, 7) is 2.77. The Kier molecular flexibility index (Phi) is 5.38. The van der Waals surface area contributed by atoms with Crippen LogP contribution in [0.4, 0.5) is 0 Å². The van der Waals surface area contributed by atoms with Gasteiger partial charge in [0.05, 0.1) is 17.4 Å². The smallest absolute Gasteiger partial charge is 0.215 e. The van der Waals surface area contributed by atoms with Gasteiger partial charge in [-0.05, 0) is 36.3 Å². The largest absolute Gasteiger partial charge is 0.215 e. The van der Waals surface area contributed by atoms with E-state index >= 15 is 0 Å². The molecule has 1 fully saturated rings. The fourth-order valence-corrected chi connectivity index (χ4v) is 4.04. The molecule has 1 N–H and O–H groups in total. The molecule has 0 radical (unpaired) electrons. The number of sulfonamides is 1. The minimum atomic E-state index is -3.38. The second kappa shape index (κ2) is 7.06. The van der Waals surface area contributed by atoms with E-state index in [-0.39, 0.29) is 5.75 Å². The van der Waals surface area contributed by atoms with Crippen LogP contribution in [0.2, 0.25) is 0 Å². The Bertz CT molecular complexity index is 611. The van der Waals surface area contributed by atoms with Crippen LogP contribution in [0.1, 0.15) is 43.7 Å². The highest BCUT2D eigenvalue weighted by Gasteiger charge is 2.21. The molecule has 0 spiro atoms. The van der Waals surface area contributed by atoms with E-state index in [1.165, 1.54) is 12.8 Å². The Morgan fingerprint density at radius 1 is 1.24 bits per heavy atom. The third kappa shape index (κ3) is 4.83. The van der Waals surface area contributed by atoms with Gasteiger partial charge in [0.15, 0.2) is 0 Å². The zero-order chi connectivity index (χ0) is 15.3. The van der Waals surface area contributed by atoms with Crippen molar-refractivity contribution < 1.29 is 8.42 Å². The van der Waals surface area contributed by atoms with Crippen molar-refractivity contribution >= 4 is 10.0 Å². The molecule has 0 aromatic heterocycles. The second-order valence-corrected chi connectivity index (χ2v) is 7.81. The van der Waals surface area contributed by atoms with Gasteiger partial charge < -0.3 is 0 Å². The van der Waals surface area contributed by atoms with Gasteiger partial charge in [-0.1, -0.05) is 38.0 Å². The Labute approximate surface area is 127 Å². The van der Waals surface area contributed by atoms with Gasteiger partial charge in [0.2, 0.25) is 10.0 Å². The Morgan fingerprint density at radius 2 is 1.90 bits per heavy atom. The standard InChI is InChI=1S/C16H22N2O2S/c1-13-6-8-14(9-7-13)11-18-21(19,20)12-16-5-3-2-4-15(16)10-17/h2-5,13-14,18H,6-9,11-12H2,1H3. The van der Waals surface area contributed by atoms with Gasteiger partial charge in [-0.3, -0.25) is 0 Å². The first-order valence-corrected chi connectivity index (χ1v) is 9.11. The van der Waals surface area contributed by atoms with Crippen molar-refractivity contribution in [3.63, 3.8) is 0 Å². The molecule has 5 heteroatoms. The summed E-state index contributed by atoms with van der Waals surface area (Å²) in [6.07, 6.45) is 4.56. The van der Waals surface area contributed by atoms with Crippen molar-refractivity contribution in [1.82, 2.24) is 4.72 Å². The molecular weight excluding hydrogens is 284 g/mol. The van der Waals surface area contributed by atoms with Crippen LogP contribution in [0.5, 0.6) is 0 Å². The number of benzene rings is 1. The Hall–Kier alpha value is -1.38. The van der Waals surface area contributed by atoms with Gasteiger partial charge in [-0.15, -0.1) is 0 Å². The summed E-state index contributed by atoms with van der Waals surface area (Å²) in [5.74, 6) is 1.09. The highest BCUT2D eigenvalue weighted by atomic mass is 32.2. The molecule has 1 saturated carbocycles. The maximum absolute atomic E-state index is 12.2. The van der Waals surface area contributed by atoms with Gasteiger partial charge >= 0.3 is 0 Å². The van der Waals surface area contributed by atoms with Crippen LogP contribution in [0.3, 0.4) is 0 Å². The number of nitrogens with one attached hydrogen (secondary N) is 1. The molecule has 0 unspecified atom stereocenters. The van der Waals surface area contributed by atoms with Gasteiger partial charge in [-0.2, -0.15) is 5.26 Å². The van der Waals surface area contributed by atoms with Crippen molar-refractivity contribution in [2.45, 2.75) is 38.4 Å². The van der Waals surface area contributed by atoms with Gasteiger partial charge in [0.25, 0.3) is 0 Å². The lowest BCUT2D eigenvalue weighted by Gasteiger charge is -2.26. The second-order valence-electron chi connectivity index (χ2n) is 6.00. The number of nitriles is 1. The number of nitrogens with zero attached hydrogens (tertiary/aromatic N) is 1.